The number of hydrogen-bond donors (Lipinski definition) is 2. The maximum Gasteiger partial charge on any atom is 0.237 e. The molecule has 1 heterocycles. The van der Waals surface area contributed by atoms with Crippen LogP contribution in [0.5, 0.6) is 0 Å². The van der Waals surface area contributed by atoms with E-state index in [1.807, 2.05) is 24.3 Å². The van der Waals surface area contributed by atoms with Crippen molar-refractivity contribution in [1.29, 1.82) is 0 Å². The third kappa shape index (κ3) is 4.75. The van der Waals surface area contributed by atoms with Gasteiger partial charge in [-0.1, -0.05) is 19.9 Å². The molecular formula is C22H27FN4O. The van der Waals surface area contributed by atoms with Gasteiger partial charge in [-0.25, -0.2) is 4.39 Å². The van der Waals surface area contributed by atoms with E-state index in [-0.39, 0.29) is 5.91 Å². The van der Waals surface area contributed by atoms with Crippen molar-refractivity contribution in [3.63, 3.8) is 0 Å². The predicted molar refractivity (Wildman–Crippen MR) is 113 cm³/mol. The Kier molecular flexibility index (Phi) is 6.76. The molecule has 0 aliphatic carbocycles. The number of anilines is 2. The highest BCUT2D eigenvalue weighted by Gasteiger charge is 2.31. The molecule has 0 radical (unpaired) electrons. The summed E-state index contributed by atoms with van der Waals surface area (Å²) in [6, 6.07) is 12.4. The normalized spacial score (nSPS) is 15.9. The van der Waals surface area contributed by atoms with Gasteiger partial charge in [0.05, 0.1) is 5.69 Å². The summed E-state index contributed by atoms with van der Waals surface area (Å²) < 4.78 is 14.1. The van der Waals surface area contributed by atoms with E-state index in [1.54, 1.807) is 12.1 Å². The zero-order chi connectivity index (χ0) is 19.9. The maximum atomic E-state index is 14.1. The van der Waals surface area contributed by atoms with Gasteiger partial charge in [-0.05, 0) is 62.5 Å². The summed E-state index contributed by atoms with van der Waals surface area (Å²) in [6.07, 6.45) is 2.60. The number of benzene rings is 2. The number of rotatable bonds is 9. The van der Waals surface area contributed by atoms with E-state index in [9.17, 15) is 9.18 Å². The molecule has 0 fully saturated rings. The molecule has 2 aromatic rings. The standard InChI is InChI=1S/C22H27FN4O/c1-3-27(4-2)14-6-13-24-16-9-11-17(12-10-16)25-15-18-21-19(23)7-5-8-20(21)26-22(18)28/h5,7-12,15,18,24H,3-4,6,13-14H2,1-2H3,(H,26,28). The van der Waals surface area contributed by atoms with Crippen molar-refractivity contribution in [2.45, 2.75) is 26.2 Å². The summed E-state index contributed by atoms with van der Waals surface area (Å²) in [6.45, 7) is 8.52. The van der Waals surface area contributed by atoms with E-state index in [1.165, 1.54) is 12.3 Å². The molecule has 3 rings (SSSR count). The van der Waals surface area contributed by atoms with Gasteiger partial charge >= 0.3 is 0 Å². The number of nitrogens with zero attached hydrogens (tertiary/aromatic N) is 2. The van der Waals surface area contributed by atoms with E-state index in [4.69, 9.17) is 0 Å². The first-order valence-electron chi connectivity index (χ1n) is 9.82. The Morgan fingerprint density at radius 2 is 1.93 bits per heavy atom. The number of fused-ring (bicyclic) bond motifs is 1. The average Bonchev–Trinajstić information content (AvgIpc) is 3.04. The fourth-order valence-corrected chi connectivity index (χ4v) is 3.35. The highest BCUT2D eigenvalue weighted by molar-refractivity contribution is 6.12. The summed E-state index contributed by atoms with van der Waals surface area (Å²) in [5.74, 6) is -1.35. The van der Waals surface area contributed by atoms with Crippen LogP contribution in [-0.4, -0.2) is 43.2 Å². The summed E-state index contributed by atoms with van der Waals surface area (Å²) >= 11 is 0. The number of halogens is 1. The summed E-state index contributed by atoms with van der Waals surface area (Å²) in [5, 5.41) is 6.10. The van der Waals surface area contributed by atoms with Crippen molar-refractivity contribution >= 4 is 29.2 Å². The van der Waals surface area contributed by atoms with Gasteiger partial charge in [0.2, 0.25) is 5.91 Å². The van der Waals surface area contributed by atoms with Crippen molar-refractivity contribution in [1.82, 2.24) is 4.90 Å². The minimum absolute atomic E-state index is 0.254. The van der Waals surface area contributed by atoms with Crippen LogP contribution in [0.15, 0.2) is 47.5 Å². The highest BCUT2D eigenvalue weighted by atomic mass is 19.1. The highest BCUT2D eigenvalue weighted by Crippen LogP contribution is 2.33. The summed E-state index contributed by atoms with van der Waals surface area (Å²) in [7, 11) is 0. The molecule has 2 aromatic carbocycles. The molecule has 1 aliphatic heterocycles. The Bertz CT molecular complexity index is 831. The lowest BCUT2D eigenvalue weighted by Crippen LogP contribution is -2.25. The van der Waals surface area contributed by atoms with Crippen molar-refractivity contribution in [2.75, 3.05) is 36.8 Å². The fourth-order valence-electron chi connectivity index (χ4n) is 3.35. The molecule has 0 saturated carbocycles. The number of hydrogen-bond acceptors (Lipinski definition) is 4. The van der Waals surface area contributed by atoms with Crippen molar-refractivity contribution in [3.8, 4) is 0 Å². The van der Waals surface area contributed by atoms with Gasteiger partial charge in [-0.15, -0.1) is 0 Å². The van der Waals surface area contributed by atoms with Gasteiger partial charge in [0.15, 0.2) is 0 Å². The van der Waals surface area contributed by atoms with E-state index in [0.717, 1.165) is 44.0 Å². The maximum absolute atomic E-state index is 14.1. The van der Waals surface area contributed by atoms with Gasteiger partial charge in [0, 0.05) is 29.7 Å². The Hall–Kier alpha value is -2.73. The van der Waals surface area contributed by atoms with Crippen LogP contribution < -0.4 is 10.6 Å². The van der Waals surface area contributed by atoms with Crippen LogP contribution >= 0.6 is 0 Å². The second-order valence-corrected chi connectivity index (χ2v) is 6.80. The van der Waals surface area contributed by atoms with Crippen LogP contribution in [0.3, 0.4) is 0 Å². The largest absolute Gasteiger partial charge is 0.385 e. The first-order valence-corrected chi connectivity index (χ1v) is 9.82. The Balaban J connectivity index is 1.56. The monoisotopic (exact) mass is 382 g/mol. The fraction of sp³-hybridized carbons (Fsp3) is 0.364. The number of nitrogens with one attached hydrogen (secondary N) is 2. The molecule has 28 heavy (non-hydrogen) atoms. The lowest BCUT2D eigenvalue weighted by Gasteiger charge is -2.17. The van der Waals surface area contributed by atoms with Crippen LogP contribution in [-0.2, 0) is 4.79 Å². The Labute approximate surface area is 165 Å². The van der Waals surface area contributed by atoms with Crippen LogP contribution in [0.2, 0.25) is 0 Å². The van der Waals surface area contributed by atoms with Crippen molar-refractivity contribution in [3.05, 3.63) is 53.8 Å². The van der Waals surface area contributed by atoms with E-state index in [2.05, 4.69) is 34.4 Å². The Morgan fingerprint density at radius 1 is 1.18 bits per heavy atom. The molecule has 2 N–H and O–H groups in total. The van der Waals surface area contributed by atoms with Crippen LogP contribution in [0.1, 0.15) is 31.7 Å². The van der Waals surface area contributed by atoms with Crippen LogP contribution in [0, 0.1) is 5.82 Å². The van der Waals surface area contributed by atoms with Gasteiger partial charge in [0.1, 0.15) is 11.7 Å². The lowest BCUT2D eigenvalue weighted by molar-refractivity contribution is -0.115. The van der Waals surface area contributed by atoms with Crippen LogP contribution in [0.25, 0.3) is 0 Å². The SMILES string of the molecule is CCN(CC)CCCNc1ccc(N=CC2C(=O)Nc3cccc(F)c32)cc1. The first kappa shape index (κ1) is 20.0. The zero-order valence-corrected chi connectivity index (χ0v) is 16.4. The quantitative estimate of drug-likeness (QED) is 0.499. The van der Waals surface area contributed by atoms with Crippen molar-refractivity contribution < 1.29 is 9.18 Å². The molecule has 6 heteroatoms. The zero-order valence-electron chi connectivity index (χ0n) is 16.4. The first-order chi connectivity index (χ1) is 13.6. The number of carbonyl (C=O) groups excluding carboxylic acids is 1. The van der Waals surface area contributed by atoms with E-state index in [0.29, 0.717) is 11.3 Å². The number of carbonyl (C=O) groups is 1. The third-order valence-corrected chi connectivity index (χ3v) is 5.02. The van der Waals surface area contributed by atoms with Gasteiger partial charge in [0.25, 0.3) is 0 Å². The summed E-state index contributed by atoms with van der Waals surface area (Å²) in [4.78, 5) is 18.9. The third-order valence-electron chi connectivity index (χ3n) is 5.02. The second-order valence-electron chi connectivity index (χ2n) is 6.80. The average molecular weight is 382 g/mol. The molecule has 0 spiro atoms. The number of amides is 1. The minimum Gasteiger partial charge on any atom is -0.385 e. The Morgan fingerprint density at radius 3 is 2.64 bits per heavy atom. The summed E-state index contributed by atoms with van der Waals surface area (Å²) in [5.41, 5.74) is 2.65. The van der Waals surface area contributed by atoms with Gasteiger partial charge < -0.3 is 15.5 Å². The van der Waals surface area contributed by atoms with Crippen LogP contribution in [0.4, 0.5) is 21.5 Å². The second kappa shape index (κ2) is 9.46. The molecule has 1 amide bonds. The molecule has 0 aromatic heterocycles. The smallest absolute Gasteiger partial charge is 0.237 e. The lowest BCUT2D eigenvalue weighted by atomic mass is 10.0. The van der Waals surface area contributed by atoms with Gasteiger partial charge in [-0.2, -0.15) is 0 Å². The molecule has 148 valence electrons. The molecule has 5 nitrogen and oxygen atoms in total. The molecule has 1 unspecified atom stereocenters. The molecule has 1 aliphatic rings. The molecule has 0 bridgehead atoms. The van der Waals surface area contributed by atoms with E-state index >= 15 is 0 Å². The van der Waals surface area contributed by atoms with Crippen molar-refractivity contribution in [2.24, 2.45) is 4.99 Å². The molecule has 0 saturated heterocycles. The topological polar surface area (TPSA) is 56.7 Å². The number of aliphatic imine (C=N–C) groups is 1. The van der Waals surface area contributed by atoms with E-state index < -0.39 is 11.7 Å². The molecule has 1 atom stereocenters. The predicted octanol–water partition coefficient (Wildman–Crippen LogP) is 4.41. The van der Waals surface area contributed by atoms with Gasteiger partial charge in [-0.3, -0.25) is 9.79 Å². The molecular weight excluding hydrogens is 355 g/mol. The minimum atomic E-state index is -0.700.